The van der Waals surface area contributed by atoms with Gasteiger partial charge in [0.05, 0.1) is 0 Å². The maximum Gasteiger partial charge on any atom is 0.00394 e. The molecule has 1 saturated carbocycles. The first-order valence-corrected chi connectivity index (χ1v) is 9.37. The Bertz CT molecular complexity index is 340. The van der Waals surface area contributed by atoms with Gasteiger partial charge >= 0.3 is 0 Å². The average molecular weight is 203 g/mol. The van der Waals surface area contributed by atoms with Crippen molar-refractivity contribution in [3.63, 3.8) is 0 Å². The molecule has 0 aromatic heterocycles. The average Bonchev–Trinajstić information content (AvgIpc) is 2.74. The van der Waals surface area contributed by atoms with E-state index in [1.165, 1.54) is 19.3 Å². The highest BCUT2D eigenvalue weighted by molar-refractivity contribution is 6.88. The van der Waals surface area contributed by atoms with Gasteiger partial charge < -0.3 is 0 Å². The van der Waals surface area contributed by atoms with Gasteiger partial charge in [0.15, 0.2) is 0 Å². The van der Waals surface area contributed by atoms with E-state index in [9.17, 15) is 0 Å². The Hall–Kier alpha value is -0.433. The lowest BCUT2D eigenvalue weighted by Crippen LogP contribution is -2.36. The van der Waals surface area contributed by atoms with Gasteiger partial charge in [0.2, 0.25) is 0 Å². The van der Waals surface area contributed by atoms with Crippen LogP contribution in [0.25, 0.3) is 0 Å². The van der Waals surface area contributed by atoms with E-state index in [-0.39, 0.29) is 0 Å². The molecule has 0 N–H and O–H groups in total. The molecular weight excluding hydrogens is 184 g/mol. The summed E-state index contributed by atoms with van der Waals surface area (Å²) in [6.07, 6.45) is 4.40. The van der Waals surface area contributed by atoms with Gasteiger partial charge in [-0.2, -0.15) is 17.2 Å². The topological polar surface area (TPSA) is 0 Å². The predicted molar refractivity (Wildman–Crippen MR) is 64.3 cm³/mol. The van der Waals surface area contributed by atoms with Gasteiger partial charge in [0.1, 0.15) is 0 Å². The van der Waals surface area contributed by atoms with Crippen molar-refractivity contribution >= 4 is 13.3 Å². The summed E-state index contributed by atoms with van der Waals surface area (Å²) in [7, 11) is -1.06. The molecule has 0 spiro atoms. The van der Waals surface area contributed by atoms with Crippen LogP contribution in [0.2, 0.25) is 19.6 Å². The summed E-state index contributed by atoms with van der Waals surface area (Å²) in [4.78, 5) is 0. The molecule has 1 aromatic rings. The first kappa shape index (κ1) is 8.84. The maximum absolute atomic E-state index is 2.55. The molecule has 0 nitrogen and oxygen atoms in total. The van der Waals surface area contributed by atoms with Crippen LogP contribution in [-0.4, -0.2) is 8.07 Å². The van der Waals surface area contributed by atoms with Crippen molar-refractivity contribution in [2.75, 3.05) is 0 Å². The Labute approximate surface area is 87.7 Å². The Morgan fingerprint density at radius 2 is 2.07 bits per heavy atom. The lowest BCUT2D eigenvalue weighted by Gasteiger charge is -2.22. The standard InChI is InChI=1S/C13H19Si/c1-14(2,3)11-7-12-9-4-5-10(6-9)13(12)8-11/h7-10H,4-6H2,1-3H3/q-1. The highest BCUT2D eigenvalue weighted by Crippen LogP contribution is 2.53. The highest BCUT2D eigenvalue weighted by atomic mass is 28.3. The first-order valence-electron chi connectivity index (χ1n) is 5.87. The van der Waals surface area contributed by atoms with E-state index in [0.29, 0.717) is 0 Å². The fourth-order valence-electron chi connectivity index (χ4n) is 3.23. The molecule has 0 aliphatic heterocycles. The summed E-state index contributed by atoms with van der Waals surface area (Å²) >= 11 is 0. The van der Waals surface area contributed by atoms with Crippen molar-refractivity contribution in [1.29, 1.82) is 0 Å². The molecule has 2 atom stereocenters. The monoisotopic (exact) mass is 203 g/mol. The second-order valence-electron chi connectivity index (χ2n) is 6.11. The smallest absolute Gasteiger partial charge is 0.00394 e. The zero-order valence-electron chi connectivity index (χ0n) is 9.43. The Balaban J connectivity index is 2.07. The maximum atomic E-state index is 2.55. The molecule has 3 rings (SSSR count). The van der Waals surface area contributed by atoms with Gasteiger partial charge in [-0.15, -0.1) is 0 Å². The molecule has 76 valence electrons. The Morgan fingerprint density at radius 3 is 2.71 bits per heavy atom. The molecule has 0 saturated heterocycles. The van der Waals surface area contributed by atoms with E-state index in [1.807, 2.05) is 0 Å². The zero-order valence-corrected chi connectivity index (χ0v) is 10.4. The molecule has 1 fully saturated rings. The summed E-state index contributed by atoms with van der Waals surface area (Å²) in [5.41, 5.74) is 3.47. The molecule has 1 heteroatoms. The second kappa shape index (κ2) is 2.57. The predicted octanol–water partition coefficient (Wildman–Crippen LogP) is 3.32. The third-order valence-electron chi connectivity index (χ3n) is 4.13. The SMILES string of the molecule is C[Si](C)(C)c1cc2[c-](c1)C1CCC2C1. The van der Waals surface area contributed by atoms with Gasteiger partial charge in [-0.25, -0.2) is 11.3 Å². The van der Waals surface area contributed by atoms with Gasteiger partial charge in [-0.1, -0.05) is 38.4 Å². The second-order valence-corrected chi connectivity index (χ2v) is 11.2. The van der Waals surface area contributed by atoms with E-state index < -0.39 is 8.07 Å². The molecule has 0 amide bonds. The van der Waals surface area contributed by atoms with E-state index in [0.717, 1.165) is 11.8 Å². The zero-order chi connectivity index (χ0) is 9.92. The van der Waals surface area contributed by atoms with Gasteiger partial charge in [0.25, 0.3) is 0 Å². The molecule has 2 unspecified atom stereocenters. The summed E-state index contributed by atoms with van der Waals surface area (Å²) < 4.78 is 0. The van der Waals surface area contributed by atoms with Crippen LogP contribution in [0.3, 0.4) is 0 Å². The van der Waals surface area contributed by atoms with Crippen LogP contribution in [-0.2, 0) is 0 Å². The summed E-state index contributed by atoms with van der Waals surface area (Å²) in [6.45, 7) is 7.37. The lowest BCUT2D eigenvalue weighted by atomic mass is 9.96. The van der Waals surface area contributed by atoms with Gasteiger partial charge in [-0.3, -0.25) is 0 Å². The highest BCUT2D eigenvalue weighted by Gasteiger charge is 2.33. The Kier molecular flexibility index (Phi) is 1.62. The van der Waals surface area contributed by atoms with Crippen molar-refractivity contribution in [3.8, 4) is 0 Å². The third-order valence-corrected chi connectivity index (χ3v) is 6.15. The summed E-state index contributed by atoms with van der Waals surface area (Å²) in [5.74, 6) is 1.89. The quantitative estimate of drug-likeness (QED) is 0.485. The fraction of sp³-hybridized carbons (Fsp3) is 0.615. The number of rotatable bonds is 1. The Morgan fingerprint density at radius 1 is 1.29 bits per heavy atom. The van der Waals surface area contributed by atoms with Crippen molar-refractivity contribution in [2.45, 2.75) is 50.7 Å². The summed E-state index contributed by atoms with van der Waals surface area (Å²) in [5, 5.41) is 1.69. The van der Waals surface area contributed by atoms with E-state index >= 15 is 0 Å². The van der Waals surface area contributed by atoms with E-state index in [1.54, 1.807) is 16.3 Å². The first-order chi connectivity index (χ1) is 6.55. The number of hydrogen-bond donors (Lipinski definition) is 0. The van der Waals surface area contributed by atoms with Crippen molar-refractivity contribution < 1.29 is 0 Å². The molecule has 0 radical (unpaired) electrons. The van der Waals surface area contributed by atoms with Crippen LogP contribution in [0.4, 0.5) is 0 Å². The van der Waals surface area contributed by atoms with Crippen LogP contribution in [0, 0.1) is 0 Å². The lowest BCUT2D eigenvalue weighted by molar-refractivity contribution is 0.722. The molecule has 0 heterocycles. The minimum Gasteiger partial charge on any atom is -0.209 e. The fourth-order valence-corrected chi connectivity index (χ4v) is 4.41. The number of hydrogen-bond acceptors (Lipinski definition) is 0. The molecular formula is C13H19Si-. The molecule has 1 aromatic carbocycles. The normalized spacial score (nSPS) is 29.6. The van der Waals surface area contributed by atoms with E-state index in [4.69, 9.17) is 0 Å². The van der Waals surface area contributed by atoms with Crippen molar-refractivity contribution in [3.05, 3.63) is 23.3 Å². The van der Waals surface area contributed by atoms with Gasteiger partial charge in [-0.05, 0) is 12.3 Å². The molecule has 14 heavy (non-hydrogen) atoms. The van der Waals surface area contributed by atoms with Crippen LogP contribution >= 0.6 is 0 Å². The molecule has 2 bridgehead atoms. The summed E-state index contributed by atoms with van der Waals surface area (Å²) in [6, 6.07) is 5.09. The third kappa shape index (κ3) is 1.08. The van der Waals surface area contributed by atoms with Crippen molar-refractivity contribution in [2.24, 2.45) is 0 Å². The van der Waals surface area contributed by atoms with Crippen LogP contribution in [0.1, 0.15) is 42.2 Å². The number of fused-ring (bicyclic) bond motifs is 5. The van der Waals surface area contributed by atoms with Crippen LogP contribution in [0.15, 0.2) is 12.1 Å². The van der Waals surface area contributed by atoms with Crippen LogP contribution < -0.4 is 5.19 Å². The minimum atomic E-state index is -1.06. The largest absolute Gasteiger partial charge is 0.209 e. The molecule has 2 aliphatic rings. The van der Waals surface area contributed by atoms with Crippen LogP contribution in [0.5, 0.6) is 0 Å². The van der Waals surface area contributed by atoms with E-state index in [2.05, 4.69) is 31.8 Å². The molecule has 2 aliphatic carbocycles. The van der Waals surface area contributed by atoms with Crippen molar-refractivity contribution in [1.82, 2.24) is 0 Å². The minimum absolute atomic E-state index is 0.945. The van der Waals surface area contributed by atoms with Gasteiger partial charge in [0, 0.05) is 8.07 Å².